The summed E-state index contributed by atoms with van der Waals surface area (Å²) in [5, 5.41) is 2.03. The van der Waals surface area contributed by atoms with Gasteiger partial charge in [0.05, 0.1) is 18.7 Å². The van der Waals surface area contributed by atoms with Gasteiger partial charge < -0.3 is 20.0 Å². The van der Waals surface area contributed by atoms with Crippen molar-refractivity contribution in [3.8, 4) is 0 Å². The van der Waals surface area contributed by atoms with Crippen molar-refractivity contribution in [2.24, 2.45) is 5.73 Å². The number of amides is 1. The van der Waals surface area contributed by atoms with Crippen LogP contribution in [-0.4, -0.2) is 41.9 Å². The van der Waals surface area contributed by atoms with Gasteiger partial charge in [-0.3, -0.25) is 4.79 Å². The predicted molar refractivity (Wildman–Crippen MR) is 108 cm³/mol. The zero-order chi connectivity index (χ0) is 16.7. The number of furan rings is 1. The monoisotopic (exact) mass is 407 g/mol. The van der Waals surface area contributed by atoms with Gasteiger partial charge in [-0.25, -0.2) is 0 Å². The number of carbonyl (C=O) groups excluding carboxylic acids is 1. The summed E-state index contributed by atoms with van der Waals surface area (Å²) in [6.45, 7) is 8.74. The molecule has 2 rings (SSSR count). The van der Waals surface area contributed by atoms with Crippen molar-refractivity contribution < 1.29 is 9.21 Å². The summed E-state index contributed by atoms with van der Waals surface area (Å²) in [4.78, 5) is 18.2. The van der Waals surface area contributed by atoms with E-state index in [0.29, 0.717) is 31.0 Å². The van der Waals surface area contributed by atoms with Crippen LogP contribution in [0.15, 0.2) is 34.3 Å². The van der Waals surface area contributed by atoms with Crippen molar-refractivity contribution in [1.82, 2.24) is 9.80 Å². The molecule has 2 aromatic rings. The molecule has 0 aliphatic rings. The van der Waals surface area contributed by atoms with E-state index in [0.717, 1.165) is 19.6 Å². The Morgan fingerprint density at radius 2 is 1.96 bits per heavy atom. The number of nitrogens with two attached hydrogens (primary N) is 1. The Kier molecular flexibility index (Phi) is 11.8. The molecule has 0 spiro atoms. The van der Waals surface area contributed by atoms with Gasteiger partial charge in [0.25, 0.3) is 5.91 Å². The number of nitrogens with zero attached hydrogens (tertiary/aromatic N) is 2. The average molecular weight is 408 g/mol. The largest absolute Gasteiger partial charge is 0.467 e. The van der Waals surface area contributed by atoms with E-state index in [1.165, 1.54) is 11.1 Å². The van der Waals surface area contributed by atoms with Crippen molar-refractivity contribution in [1.29, 1.82) is 0 Å². The Labute approximate surface area is 166 Å². The smallest absolute Gasteiger partial charge is 0.257 e. The molecule has 0 fully saturated rings. The van der Waals surface area contributed by atoms with Crippen LogP contribution >= 0.6 is 36.2 Å². The highest BCUT2D eigenvalue weighted by molar-refractivity contribution is 7.09. The standard InChI is InChI=1S/C17H25N3O2S.2ClH/c1-3-19(4-2)7-8-20(12-16-6-5-9-23-16)17(21)14-10-15(11-18)22-13-14;;/h5-6,9-10,13H,3-4,7-8,11-12,18H2,1-2H3;2*1H. The number of carbonyl (C=O) groups is 1. The minimum absolute atomic E-state index is 0. The first-order chi connectivity index (χ1) is 11.2. The van der Waals surface area contributed by atoms with Crippen LogP contribution in [0.3, 0.4) is 0 Å². The molecule has 25 heavy (non-hydrogen) atoms. The summed E-state index contributed by atoms with van der Waals surface area (Å²) in [6.07, 6.45) is 1.50. The second-order valence-corrected chi connectivity index (χ2v) is 6.37. The molecule has 0 saturated carbocycles. The van der Waals surface area contributed by atoms with Crippen molar-refractivity contribution in [3.05, 3.63) is 46.0 Å². The molecule has 142 valence electrons. The number of thiophene rings is 1. The molecule has 0 unspecified atom stereocenters. The maximum atomic E-state index is 12.8. The molecule has 0 saturated heterocycles. The fourth-order valence-electron chi connectivity index (χ4n) is 2.43. The molecule has 1 amide bonds. The van der Waals surface area contributed by atoms with Gasteiger partial charge >= 0.3 is 0 Å². The molecular formula is C17H27Cl2N3O2S. The highest BCUT2D eigenvalue weighted by Crippen LogP contribution is 2.16. The van der Waals surface area contributed by atoms with Crippen LogP contribution in [0, 0.1) is 0 Å². The Balaban J connectivity index is 0.00000288. The summed E-state index contributed by atoms with van der Waals surface area (Å²) in [5.74, 6) is 0.627. The minimum Gasteiger partial charge on any atom is -0.467 e. The quantitative estimate of drug-likeness (QED) is 0.688. The number of halogens is 2. The van der Waals surface area contributed by atoms with Gasteiger partial charge in [0.1, 0.15) is 12.0 Å². The maximum absolute atomic E-state index is 12.8. The summed E-state index contributed by atoms with van der Waals surface area (Å²) < 4.78 is 5.31. The van der Waals surface area contributed by atoms with Crippen LogP contribution in [0.5, 0.6) is 0 Å². The van der Waals surface area contributed by atoms with Crippen LogP contribution in [0.1, 0.15) is 34.8 Å². The third-order valence-electron chi connectivity index (χ3n) is 3.90. The van der Waals surface area contributed by atoms with E-state index in [2.05, 4.69) is 24.8 Å². The number of hydrogen-bond donors (Lipinski definition) is 1. The molecule has 5 nitrogen and oxygen atoms in total. The van der Waals surface area contributed by atoms with Crippen LogP contribution in [0.25, 0.3) is 0 Å². The summed E-state index contributed by atoms with van der Waals surface area (Å²) in [7, 11) is 0. The van der Waals surface area contributed by atoms with Gasteiger partial charge in [0.15, 0.2) is 0 Å². The molecule has 2 heterocycles. The van der Waals surface area contributed by atoms with E-state index in [-0.39, 0.29) is 30.7 Å². The Bertz CT molecular complexity index is 601. The van der Waals surface area contributed by atoms with E-state index in [9.17, 15) is 4.79 Å². The van der Waals surface area contributed by atoms with Crippen LogP contribution in [0.4, 0.5) is 0 Å². The van der Waals surface area contributed by atoms with Crippen molar-refractivity contribution in [3.63, 3.8) is 0 Å². The number of rotatable bonds is 9. The fraction of sp³-hybridized carbons (Fsp3) is 0.471. The Hall–Kier alpha value is -1.05. The highest BCUT2D eigenvalue weighted by Gasteiger charge is 2.19. The van der Waals surface area contributed by atoms with E-state index in [1.807, 2.05) is 16.3 Å². The number of hydrogen-bond acceptors (Lipinski definition) is 5. The van der Waals surface area contributed by atoms with Crippen molar-refractivity contribution in [2.75, 3.05) is 26.2 Å². The molecule has 0 radical (unpaired) electrons. The molecule has 2 aromatic heterocycles. The third-order valence-corrected chi connectivity index (χ3v) is 4.76. The molecule has 0 aromatic carbocycles. The zero-order valence-corrected chi connectivity index (χ0v) is 17.1. The summed E-state index contributed by atoms with van der Waals surface area (Å²) in [6, 6.07) is 5.81. The average Bonchev–Trinajstić information content (AvgIpc) is 3.25. The number of likely N-dealkylation sites (N-methyl/N-ethyl adjacent to an activating group) is 1. The second-order valence-electron chi connectivity index (χ2n) is 5.34. The third kappa shape index (κ3) is 6.99. The van der Waals surface area contributed by atoms with Gasteiger partial charge in [-0.2, -0.15) is 0 Å². The topological polar surface area (TPSA) is 62.7 Å². The molecule has 0 atom stereocenters. The van der Waals surface area contributed by atoms with Gasteiger partial charge in [0.2, 0.25) is 0 Å². The molecule has 0 aliphatic carbocycles. The van der Waals surface area contributed by atoms with E-state index in [4.69, 9.17) is 10.2 Å². The fourth-order valence-corrected chi connectivity index (χ4v) is 3.15. The first-order valence-electron chi connectivity index (χ1n) is 7.99. The van der Waals surface area contributed by atoms with Crippen LogP contribution in [0.2, 0.25) is 0 Å². The molecule has 8 heteroatoms. The minimum atomic E-state index is -0.00555. The van der Waals surface area contributed by atoms with Gasteiger partial charge in [-0.1, -0.05) is 19.9 Å². The van der Waals surface area contributed by atoms with Gasteiger partial charge in [-0.05, 0) is 30.6 Å². The lowest BCUT2D eigenvalue weighted by atomic mass is 10.2. The lowest BCUT2D eigenvalue weighted by Gasteiger charge is -2.26. The van der Waals surface area contributed by atoms with E-state index < -0.39 is 0 Å². The second kappa shape index (κ2) is 12.3. The summed E-state index contributed by atoms with van der Waals surface area (Å²) in [5.41, 5.74) is 6.13. The summed E-state index contributed by atoms with van der Waals surface area (Å²) >= 11 is 1.67. The lowest BCUT2D eigenvalue weighted by molar-refractivity contribution is 0.0725. The Morgan fingerprint density at radius 1 is 1.24 bits per heavy atom. The maximum Gasteiger partial charge on any atom is 0.257 e. The normalized spacial score (nSPS) is 10.2. The van der Waals surface area contributed by atoms with Crippen LogP contribution in [-0.2, 0) is 13.1 Å². The SMILES string of the molecule is CCN(CC)CCN(Cc1cccs1)C(=O)c1coc(CN)c1.Cl.Cl. The first kappa shape index (κ1) is 23.9. The zero-order valence-electron chi connectivity index (χ0n) is 14.6. The van der Waals surface area contributed by atoms with E-state index >= 15 is 0 Å². The predicted octanol–water partition coefficient (Wildman–Crippen LogP) is 3.63. The molecule has 0 aliphatic heterocycles. The van der Waals surface area contributed by atoms with Crippen molar-refractivity contribution >= 4 is 42.1 Å². The van der Waals surface area contributed by atoms with Gasteiger partial charge in [0, 0.05) is 18.0 Å². The molecular weight excluding hydrogens is 381 g/mol. The highest BCUT2D eigenvalue weighted by atomic mass is 35.5. The van der Waals surface area contributed by atoms with Crippen molar-refractivity contribution in [2.45, 2.75) is 26.9 Å². The molecule has 0 bridgehead atoms. The molecule has 2 N–H and O–H groups in total. The Morgan fingerprint density at radius 3 is 2.48 bits per heavy atom. The van der Waals surface area contributed by atoms with Crippen LogP contribution < -0.4 is 5.73 Å². The van der Waals surface area contributed by atoms with Gasteiger partial charge in [-0.15, -0.1) is 36.2 Å². The van der Waals surface area contributed by atoms with E-state index in [1.54, 1.807) is 17.4 Å². The lowest BCUT2D eigenvalue weighted by Crippen LogP contribution is -2.38. The first-order valence-corrected chi connectivity index (χ1v) is 8.87.